The van der Waals surface area contributed by atoms with Gasteiger partial charge in [0, 0.05) is 18.5 Å². The number of carbonyl (C=O) groups is 1. The van der Waals surface area contributed by atoms with Gasteiger partial charge in [0.2, 0.25) is 5.91 Å². The number of aryl methyl sites for hydroxylation is 1. The summed E-state index contributed by atoms with van der Waals surface area (Å²) >= 11 is 0. The van der Waals surface area contributed by atoms with Crippen molar-refractivity contribution in [3.05, 3.63) is 93.8 Å². The van der Waals surface area contributed by atoms with Crippen LogP contribution in [0.2, 0.25) is 0 Å². The molecule has 5 rings (SSSR count). The van der Waals surface area contributed by atoms with Gasteiger partial charge in [0.25, 0.3) is 5.69 Å². The lowest BCUT2D eigenvalue weighted by Crippen LogP contribution is -2.47. The van der Waals surface area contributed by atoms with Crippen molar-refractivity contribution in [3.8, 4) is 11.1 Å². The topological polar surface area (TPSA) is 90.1 Å². The second-order valence-electron chi connectivity index (χ2n) is 10.4. The first kappa shape index (κ1) is 27.4. The molecule has 0 unspecified atom stereocenters. The van der Waals surface area contributed by atoms with Gasteiger partial charge >= 0.3 is 6.18 Å². The summed E-state index contributed by atoms with van der Waals surface area (Å²) in [5.74, 6) is 0.0485. The van der Waals surface area contributed by atoms with E-state index < -0.39 is 29.0 Å². The van der Waals surface area contributed by atoms with E-state index in [0.29, 0.717) is 41.5 Å². The molecule has 1 aliphatic carbocycles. The van der Waals surface area contributed by atoms with Gasteiger partial charge in [-0.2, -0.15) is 13.2 Å². The number of halogens is 3. The van der Waals surface area contributed by atoms with Crippen molar-refractivity contribution in [2.24, 2.45) is 0 Å². The van der Waals surface area contributed by atoms with Crippen LogP contribution in [0.1, 0.15) is 56.0 Å². The van der Waals surface area contributed by atoms with Crippen LogP contribution >= 0.6 is 0 Å². The number of non-ortho nitro benzene ring substituents is 1. The molecule has 0 saturated carbocycles. The van der Waals surface area contributed by atoms with Crippen molar-refractivity contribution in [1.29, 1.82) is 0 Å². The molecule has 1 N–H and O–H groups in total. The number of rotatable bonds is 9. The van der Waals surface area contributed by atoms with Crippen LogP contribution in [0.3, 0.4) is 0 Å². The summed E-state index contributed by atoms with van der Waals surface area (Å²) in [6.45, 7) is 2.94. The molecule has 1 amide bonds. The minimum absolute atomic E-state index is 0.0140. The summed E-state index contributed by atoms with van der Waals surface area (Å²) < 4.78 is 41.3. The van der Waals surface area contributed by atoms with Crippen molar-refractivity contribution >= 4 is 22.6 Å². The van der Waals surface area contributed by atoms with Gasteiger partial charge in [-0.05, 0) is 47.6 Å². The lowest BCUT2D eigenvalue weighted by molar-refractivity contribution is -0.383. The Kier molecular flexibility index (Phi) is 7.12. The van der Waals surface area contributed by atoms with Gasteiger partial charge in [0.1, 0.15) is 23.3 Å². The Bertz CT molecular complexity index is 1550. The zero-order chi connectivity index (χ0) is 28.7. The van der Waals surface area contributed by atoms with Crippen molar-refractivity contribution in [2.75, 3.05) is 6.54 Å². The molecule has 208 valence electrons. The molecule has 1 heterocycles. The molecule has 0 atom stereocenters. The number of para-hydroxylation sites is 1. The molecule has 40 heavy (non-hydrogen) atoms. The van der Waals surface area contributed by atoms with Crippen molar-refractivity contribution < 1.29 is 22.9 Å². The largest absolute Gasteiger partial charge is 0.405 e. The highest BCUT2D eigenvalue weighted by Gasteiger charge is 2.49. The summed E-state index contributed by atoms with van der Waals surface area (Å²) in [6.07, 6.45) is -3.24. The fourth-order valence-electron chi connectivity index (χ4n) is 5.94. The number of benzene rings is 3. The number of hydrogen-bond acceptors (Lipinski definition) is 4. The molecule has 0 fully saturated rings. The van der Waals surface area contributed by atoms with Gasteiger partial charge in [0.15, 0.2) is 0 Å². The Balaban J connectivity index is 1.48. The predicted molar refractivity (Wildman–Crippen MR) is 146 cm³/mol. The highest BCUT2D eigenvalue weighted by molar-refractivity contribution is 6.00. The number of nitrogens with one attached hydrogen (secondary N) is 1. The Hall–Kier alpha value is -4.21. The normalized spacial score (nSPS) is 13.8. The number of fused-ring (bicyclic) bond motifs is 4. The average Bonchev–Trinajstić information content (AvgIpc) is 3.44. The molecule has 0 radical (unpaired) electrons. The number of carbonyl (C=O) groups excluding carboxylic acids is 1. The van der Waals surface area contributed by atoms with Gasteiger partial charge < -0.3 is 9.88 Å². The van der Waals surface area contributed by atoms with E-state index in [1.807, 2.05) is 54.8 Å². The van der Waals surface area contributed by atoms with E-state index in [1.54, 1.807) is 24.3 Å². The van der Waals surface area contributed by atoms with E-state index in [-0.39, 0.29) is 18.0 Å². The van der Waals surface area contributed by atoms with Crippen molar-refractivity contribution in [3.63, 3.8) is 0 Å². The second kappa shape index (κ2) is 10.4. The maximum atomic E-state index is 13.7. The third-order valence-corrected chi connectivity index (χ3v) is 7.57. The predicted octanol–water partition coefficient (Wildman–Crippen LogP) is 6.88. The summed E-state index contributed by atoms with van der Waals surface area (Å²) in [7, 11) is 0. The van der Waals surface area contributed by atoms with Crippen LogP contribution in [0.4, 0.5) is 18.9 Å². The number of hydrogen-bond donors (Lipinski definition) is 1. The number of alkyl halides is 3. The van der Waals surface area contributed by atoms with E-state index in [9.17, 15) is 28.1 Å². The minimum atomic E-state index is -4.54. The van der Waals surface area contributed by atoms with Crippen molar-refractivity contribution in [2.45, 2.75) is 57.2 Å². The molecule has 4 aromatic rings. The third kappa shape index (κ3) is 4.71. The summed E-state index contributed by atoms with van der Waals surface area (Å²) in [4.78, 5) is 29.7. The number of nitro benzene ring substituents is 1. The molecule has 0 saturated heterocycles. The Morgan fingerprint density at radius 3 is 2.20 bits per heavy atom. The highest BCUT2D eigenvalue weighted by atomic mass is 19.4. The maximum absolute atomic E-state index is 13.7. The van der Waals surface area contributed by atoms with Gasteiger partial charge in [-0.15, -0.1) is 0 Å². The molecule has 0 spiro atoms. The number of unbranched alkanes of at least 4 members (excludes halogenated alkanes) is 1. The van der Waals surface area contributed by atoms with E-state index in [1.165, 1.54) is 6.07 Å². The highest BCUT2D eigenvalue weighted by Crippen LogP contribution is 2.51. The first-order valence-corrected chi connectivity index (χ1v) is 13.2. The summed E-state index contributed by atoms with van der Waals surface area (Å²) in [6, 6.07) is 19.5. The fraction of sp³-hybridized carbons (Fsp3) is 0.333. The molecule has 0 aliphatic heterocycles. The van der Waals surface area contributed by atoms with Gasteiger partial charge in [-0.3, -0.25) is 14.9 Å². The van der Waals surface area contributed by atoms with Crippen LogP contribution in [0.25, 0.3) is 22.2 Å². The summed E-state index contributed by atoms with van der Waals surface area (Å²) in [5.41, 5.74) is 2.70. The Morgan fingerprint density at radius 2 is 1.62 bits per heavy atom. The Labute approximate surface area is 229 Å². The van der Waals surface area contributed by atoms with Crippen LogP contribution < -0.4 is 5.32 Å². The average molecular weight is 551 g/mol. The first-order valence-electron chi connectivity index (χ1n) is 13.2. The smallest absolute Gasteiger partial charge is 0.346 e. The molecule has 1 aromatic heterocycles. The zero-order valence-corrected chi connectivity index (χ0v) is 22.2. The molecule has 0 bridgehead atoms. The first-order chi connectivity index (χ1) is 19.0. The SMILES string of the molecule is CC(C)c1nc2cccc([N+](=O)[O-])c2n1CCCCC1(C(=O)NCC(F)(F)F)c2ccccc2-c2ccccc21. The van der Waals surface area contributed by atoms with Gasteiger partial charge in [-0.1, -0.05) is 68.4 Å². The van der Waals surface area contributed by atoms with Gasteiger partial charge in [-0.25, -0.2) is 4.98 Å². The molecular weight excluding hydrogens is 521 g/mol. The van der Waals surface area contributed by atoms with Crippen LogP contribution in [0.15, 0.2) is 66.7 Å². The summed E-state index contributed by atoms with van der Waals surface area (Å²) in [5, 5.41) is 13.9. The van der Waals surface area contributed by atoms with Crippen LogP contribution in [0, 0.1) is 10.1 Å². The van der Waals surface area contributed by atoms with Crippen LogP contribution in [0.5, 0.6) is 0 Å². The number of imidazole rings is 1. The number of aromatic nitrogens is 2. The van der Waals surface area contributed by atoms with Crippen LogP contribution in [-0.4, -0.2) is 33.1 Å². The third-order valence-electron chi connectivity index (χ3n) is 7.57. The maximum Gasteiger partial charge on any atom is 0.405 e. The molecule has 7 nitrogen and oxygen atoms in total. The lowest BCUT2D eigenvalue weighted by atomic mass is 9.73. The van der Waals surface area contributed by atoms with E-state index in [2.05, 4.69) is 10.3 Å². The number of amides is 1. The standard InChI is InChI=1S/C30H29F3N4O3/c1-19(2)27-35-24-14-9-15-25(37(39)40)26(24)36(27)17-8-7-16-29(28(38)34-18-30(31,32)33)22-12-5-3-10-20(22)21-11-4-6-13-23(21)29/h3-6,9-15,19H,7-8,16-18H2,1-2H3,(H,34,38). The van der Waals surface area contributed by atoms with Crippen molar-refractivity contribution in [1.82, 2.24) is 14.9 Å². The van der Waals surface area contributed by atoms with E-state index >= 15 is 0 Å². The molecular formula is C30H29F3N4O3. The molecule has 3 aromatic carbocycles. The van der Waals surface area contributed by atoms with Crippen LogP contribution in [-0.2, 0) is 16.8 Å². The quantitative estimate of drug-likeness (QED) is 0.140. The zero-order valence-electron chi connectivity index (χ0n) is 22.2. The molecule has 1 aliphatic rings. The Morgan fingerprint density at radius 1 is 1.00 bits per heavy atom. The fourth-order valence-corrected chi connectivity index (χ4v) is 5.94. The number of nitro groups is 1. The number of nitrogens with zero attached hydrogens (tertiary/aromatic N) is 3. The van der Waals surface area contributed by atoms with E-state index in [0.717, 1.165) is 17.0 Å². The lowest BCUT2D eigenvalue weighted by Gasteiger charge is -2.31. The molecule has 10 heteroatoms. The van der Waals surface area contributed by atoms with E-state index in [4.69, 9.17) is 0 Å². The second-order valence-corrected chi connectivity index (χ2v) is 10.4. The monoisotopic (exact) mass is 550 g/mol. The van der Waals surface area contributed by atoms with Gasteiger partial charge in [0.05, 0.1) is 10.4 Å². The minimum Gasteiger partial charge on any atom is -0.346 e.